The van der Waals surface area contributed by atoms with Crippen LogP contribution < -0.4 is 4.72 Å². The number of carbonyl (C=O) groups is 1. The number of ether oxygens (including phenoxy) is 1. The maximum Gasteiger partial charge on any atom is 0.339 e. The number of carbonyl (C=O) groups excluding carboxylic acids is 1. The minimum Gasteiger partial charge on any atom is -0.465 e. The van der Waals surface area contributed by atoms with E-state index in [1.807, 2.05) is 6.92 Å². The van der Waals surface area contributed by atoms with E-state index in [-0.39, 0.29) is 11.6 Å². The number of hydrogen-bond donors (Lipinski definition) is 1. The molecule has 1 rings (SSSR count). The van der Waals surface area contributed by atoms with Crippen molar-refractivity contribution in [1.29, 1.82) is 0 Å². The molecule has 1 atom stereocenters. The predicted octanol–water partition coefficient (Wildman–Crippen LogP) is 2.03. The smallest absolute Gasteiger partial charge is 0.339 e. The SMILES string of the molecule is CCSCC(C)NS(=O)(=O)c1cc(F)ccc1C(=O)OC. The van der Waals surface area contributed by atoms with Crippen molar-refractivity contribution < 1.29 is 22.3 Å². The molecule has 1 aromatic rings. The first-order chi connectivity index (χ1) is 9.81. The van der Waals surface area contributed by atoms with Crippen LogP contribution in [0.2, 0.25) is 0 Å². The van der Waals surface area contributed by atoms with Gasteiger partial charge < -0.3 is 4.74 Å². The van der Waals surface area contributed by atoms with Crippen LogP contribution in [0, 0.1) is 5.82 Å². The Bertz CT molecular complexity index is 604. The summed E-state index contributed by atoms with van der Waals surface area (Å²) in [6.07, 6.45) is 0. The highest BCUT2D eigenvalue weighted by Gasteiger charge is 2.25. The molecule has 0 heterocycles. The quantitative estimate of drug-likeness (QED) is 0.772. The lowest BCUT2D eigenvalue weighted by atomic mass is 10.2. The van der Waals surface area contributed by atoms with Crippen LogP contribution in [0.5, 0.6) is 0 Å². The maximum atomic E-state index is 13.3. The van der Waals surface area contributed by atoms with E-state index in [0.717, 1.165) is 31.1 Å². The highest BCUT2D eigenvalue weighted by atomic mass is 32.2. The van der Waals surface area contributed by atoms with Gasteiger partial charge in [-0.2, -0.15) is 11.8 Å². The van der Waals surface area contributed by atoms with Gasteiger partial charge in [0.05, 0.1) is 17.6 Å². The first kappa shape index (κ1) is 17.9. The van der Waals surface area contributed by atoms with Gasteiger partial charge in [-0.15, -0.1) is 0 Å². The number of nitrogens with one attached hydrogen (secondary N) is 1. The second kappa shape index (κ2) is 7.77. The summed E-state index contributed by atoms with van der Waals surface area (Å²) in [5.74, 6) is -0.123. The molecule has 0 saturated carbocycles. The van der Waals surface area contributed by atoms with Crippen LogP contribution >= 0.6 is 11.8 Å². The largest absolute Gasteiger partial charge is 0.465 e. The van der Waals surface area contributed by atoms with E-state index >= 15 is 0 Å². The minimum atomic E-state index is -4.00. The zero-order valence-electron chi connectivity index (χ0n) is 12.1. The van der Waals surface area contributed by atoms with E-state index in [2.05, 4.69) is 9.46 Å². The van der Waals surface area contributed by atoms with Crippen molar-refractivity contribution in [2.24, 2.45) is 0 Å². The summed E-state index contributed by atoms with van der Waals surface area (Å²) in [5.41, 5.74) is -0.193. The van der Waals surface area contributed by atoms with Crippen LogP contribution in [0.4, 0.5) is 4.39 Å². The lowest BCUT2D eigenvalue weighted by molar-refractivity contribution is 0.0596. The van der Waals surface area contributed by atoms with E-state index < -0.39 is 26.7 Å². The number of benzene rings is 1. The molecule has 0 bridgehead atoms. The fraction of sp³-hybridized carbons (Fsp3) is 0.462. The van der Waals surface area contributed by atoms with E-state index in [9.17, 15) is 17.6 Å². The highest BCUT2D eigenvalue weighted by Crippen LogP contribution is 2.19. The molecule has 118 valence electrons. The van der Waals surface area contributed by atoms with Crippen LogP contribution in [-0.4, -0.2) is 39.0 Å². The third-order valence-corrected chi connectivity index (χ3v) is 5.34. The molecule has 21 heavy (non-hydrogen) atoms. The molecule has 1 unspecified atom stereocenters. The average molecular weight is 335 g/mol. The molecule has 0 aliphatic rings. The van der Waals surface area contributed by atoms with E-state index in [0.29, 0.717) is 5.75 Å². The number of sulfonamides is 1. The molecule has 1 aromatic carbocycles. The fourth-order valence-corrected chi connectivity index (χ4v) is 3.88. The first-order valence-corrected chi connectivity index (χ1v) is 8.93. The summed E-state index contributed by atoms with van der Waals surface area (Å²) < 4.78 is 44.9. The summed E-state index contributed by atoms with van der Waals surface area (Å²) in [4.78, 5) is 11.2. The normalized spacial score (nSPS) is 13.0. The van der Waals surface area contributed by atoms with Crippen molar-refractivity contribution in [3.05, 3.63) is 29.6 Å². The summed E-state index contributed by atoms with van der Waals surface area (Å²) in [6, 6.07) is 2.59. The molecule has 0 aliphatic carbocycles. The van der Waals surface area contributed by atoms with Crippen molar-refractivity contribution in [3.63, 3.8) is 0 Å². The number of halogens is 1. The molecule has 1 N–H and O–H groups in total. The molecular weight excluding hydrogens is 317 g/mol. The number of methoxy groups -OCH3 is 1. The Balaban J connectivity index is 3.12. The van der Waals surface area contributed by atoms with Gasteiger partial charge >= 0.3 is 5.97 Å². The van der Waals surface area contributed by atoms with E-state index in [4.69, 9.17) is 0 Å². The molecule has 8 heteroatoms. The van der Waals surface area contributed by atoms with Gasteiger partial charge in [-0.3, -0.25) is 0 Å². The summed E-state index contributed by atoms with van der Waals surface area (Å²) >= 11 is 1.58. The van der Waals surface area contributed by atoms with Crippen molar-refractivity contribution in [2.75, 3.05) is 18.6 Å². The number of hydrogen-bond acceptors (Lipinski definition) is 5. The maximum absolute atomic E-state index is 13.3. The van der Waals surface area contributed by atoms with Gasteiger partial charge in [0.15, 0.2) is 0 Å². The Hall–Kier alpha value is -1.12. The molecule has 0 fully saturated rings. The van der Waals surface area contributed by atoms with Crippen molar-refractivity contribution in [3.8, 4) is 0 Å². The molecule has 5 nitrogen and oxygen atoms in total. The lowest BCUT2D eigenvalue weighted by Gasteiger charge is -2.15. The molecule has 0 amide bonds. The zero-order chi connectivity index (χ0) is 16.0. The Morgan fingerprint density at radius 1 is 1.48 bits per heavy atom. The summed E-state index contributed by atoms with van der Waals surface area (Å²) in [7, 11) is -2.87. The minimum absolute atomic E-state index is 0.193. The summed E-state index contributed by atoms with van der Waals surface area (Å²) in [6.45, 7) is 3.67. The van der Waals surface area contributed by atoms with Gasteiger partial charge in [0.2, 0.25) is 10.0 Å². The molecular formula is C13H18FNO4S2. The van der Waals surface area contributed by atoms with Gasteiger partial charge in [0.1, 0.15) is 5.82 Å². The van der Waals surface area contributed by atoms with Crippen LogP contribution in [0.3, 0.4) is 0 Å². The van der Waals surface area contributed by atoms with Crippen LogP contribution in [0.25, 0.3) is 0 Å². The first-order valence-electron chi connectivity index (χ1n) is 6.29. The van der Waals surface area contributed by atoms with E-state index in [1.165, 1.54) is 0 Å². The molecule has 0 aromatic heterocycles. The average Bonchev–Trinajstić information content (AvgIpc) is 2.43. The topological polar surface area (TPSA) is 72.5 Å². The van der Waals surface area contributed by atoms with Gasteiger partial charge in [0.25, 0.3) is 0 Å². The Morgan fingerprint density at radius 2 is 2.14 bits per heavy atom. The Morgan fingerprint density at radius 3 is 2.71 bits per heavy atom. The van der Waals surface area contributed by atoms with Gasteiger partial charge in [-0.05, 0) is 30.9 Å². The Labute approximate surface area is 128 Å². The third kappa shape index (κ3) is 4.98. The predicted molar refractivity (Wildman–Crippen MR) is 80.5 cm³/mol. The second-order valence-corrected chi connectivity index (χ2v) is 7.32. The van der Waals surface area contributed by atoms with Crippen LogP contribution in [0.15, 0.2) is 23.1 Å². The number of esters is 1. The lowest BCUT2D eigenvalue weighted by Crippen LogP contribution is -2.35. The zero-order valence-corrected chi connectivity index (χ0v) is 13.7. The molecule has 0 saturated heterocycles. The highest BCUT2D eigenvalue weighted by molar-refractivity contribution is 7.99. The Kier molecular flexibility index (Phi) is 6.63. The standard InChI is InChI=1S/C13H18FNO4S2/c1-4-20-8-9(2)15-21(17,18)12-7-10(14)5-6-11(12)13(16)19-3/h5-7,9,15H,4,8H2,1-3H3. The van der Waals surface area contributed by atoms with E-state index in [1.54, 1.807) is 18.7 Å². The van der Waals surface area contributed by atoms with Crippen molar-refractivity contribution in [1.82, 2.24) is 4.72 Å². The van der Waals surface area contributed by atoms with Crippen molar-refractivity contribution in [2.45, 2.75) is 24.8 Å². The fourth-order valence-electron chi connectivity index (χ4n) is 1.65. The molecule has 0 radical (unpaired) electrons. The number of thioether (sulfide) groups is 1. The van der Waals surface area contributed by atoms with Gasteiger partial charge in [0, 0.05) is 11.8 Å². The number of rotatable bonds is 7. The summed E-state index contributed by atoms with van der Waals surface area (Å²) in [5, 5.41) is 0. The van der Waals surface area contributed by atoms with Gasteiger partial charge in [-0.1, -0.05) is 6.92 Å². The van der Waals surface area contributed by atoms with Crippen molar-refractivity contribution >= 4 is 27.8 Å². The van der Waals surface area contributed by atoms with Gasteiger partial charge in [-0.25, -0.2) is 22.3 Å². The molecule has 0 aliphatic heterocycles. The third-order valence-electron chi connectivity index (χ3n) is 2.57. The molecule has 0 spiro atoms. The van der Waals surface area contributed by atoms with Crippen LogP contribution in [-0.2, 0) is 14.8 Å². The van der Waals surface area contributed by atoms with Crippen LogP contribution in [0.1, 0.15) is 24.2 Å². The second-order valence-electron chi connectivity index (χ2n) is 4.31. The monoisotopic (exact) mass is 335 g/mol.